The minimum absolute atomic E-state index is 0.104. The Kier molecular flexibility index (Phi) is 8.61. The maximum absolute atomic E-state index is 13.8. The van der Waals surface area contributed by atoms with Gasteiger partial charge in [0.05, 0.1) is 30.4 Å². The molecule has 3 heterocycles. The topological polar surface area (TPSA) is 160 Å². The van der Waals surface area contributed by atoms with Crippen LogP contribution in [0.2, 0.25) is 0 Å². The van der Waals surface area contributed by atoms with Gasteiger partial charge in [-0.1, -0.05) is 13.0 Å². The van der Waals surface area contributed by atoms with Gasteiger partial charge in [-0.15, -0.1) is 0 Å². The Morgan fingerprint density at radius 2 is 1.57 bits per heavy atom. The molecule has 0 fully saturated rings. The van der Waals surface area contributed by atoms with E-state index in [0.29, 0.717) is 34.4 Å². The summed E-state index contributed by atoms with van der Waals surface area (Å²) in [4.78, 5) is 43.2. The Bertz CT molecular complexity index is 1650. The zero-order valence-electron chi connectivity index (χ0n) is 25.6. The van der Waals surface area contributed by atoms with Gasteiger partial charge in [-0.3, -0.25) is 4.79 Å². The van der Waals surface area contributed by atoms with Crippen LogP contribution in [0.3, 0.4) is 0 Å². The number of para-hydroxylation sites is 1. The van der Waals surface area contributed by atoms with Gasteiger partial charge in [0.1, 0.15) is 6.10 Å². The molecule has 3 aliphatic rings. The zero-order valence-corrected chi connectivity index (χ0v) is 25.6. The molecule has 14 nitrogen and oxygen atoms in total. The average molecular weight is 634 g/mol. The molecule has 0 bridgehead atoms. The van der Waals surface area contributed by atoms with Crippen molar-refractivity contribution >= 4 is 35.0 Å². The molecule has 0 radical (unpaired) electrons. The highest BCUT2D eigenvalue weighted by molar-refractivity contribution is 6.04. The summed E-state index contributed by atoms with van der Waals surface area (Å²) in [6.07, 6.45) is -0.604. The lowest BCUT2D eigenvalue weighted by Crippen LogP contribution is -2.50. The monoisotopic (exact) mass is 633 g/mol. The second kappa shape index (κ2) is 12.9. The lowest BCUT2D eigenvalue weighted by molar-refractivity contribution is 0.0373. The number of ether oxygens (including phenoxy) is 5. The van der Waals surface area contributed by atoms with Crippen molar-refractivity contribution in [2.45, 2.75) is 26.0 Å². The fourth-order valence-electron chi connectivity index (χ4n) is 5.36. The molecular weight excluding hydrogens is 598 g/mol. The number of carbonyl (C=O) groups is 3. The molecule has 3 atom stereocenters. The predicted octanol–water partition coefficient (Wildman–Crippen LogP) is 4.17. The maximum Gasteiger partial charge on any atom is 0.323 e. The third kappa shape index (κ3) is 6.38. The molecule has 242 valence electrons. The van der Waals surface area contributed by atoms with Gasteiger partial charge in [-0.05, 0) is 43.3 Å². The molecule has 4 N–H and O–H groups in total. The van der Waals surface area contributed by atoms with Crippen LogP contribution >= 0.6 is 0 Å². The number of likely N-dealkylation sites (N-methyl/N-ethyl adjacent to an activating group) is 1. The van der Waals surface area contributed by atoms with E-state index in [1.807, 2.05) is 6.92 Å². The van der Waals surface area contributed by atoms with E-state index in [-0.39, 0.29) is 68.1 Å². The minimum atomic E-state index is -0.604. The van der Waals surface area contributed by atoms with E-state index < -0.39 is 18.2 Å². The molecule has 3 aliphatic heterocycles. The van der Waals surface area contributed by atoms with Crippen molar-refractivity contribution < 1.29 is 43.2 Å². The third-order valence-electron chi connectivity index (χ3n) is 7.99. The Morgan fingerprint density at radius 3 is 2.22 bits per heavy atom. The standard InChI is InChI=1S/C32H35N5O9/c1-18-13-37(19(2)15-38)30(39)22-5-4-6-23(35-31(40)33-20-7-9-24-26(11-20)44-16-42-24)29(22)46-28(18)14-36(3)32(41)34-21-8-10-25-27(12-21)45-17-43-25/h4-12,18-19,28,38H,13-17H2,1-3H3,(H,34,41)(H2,33,35,40)/t18-,19-,28-/m1/s1. The summed E-state index contributed by atoms with van der Waals surface area (Å²) in [5, 5.41) is 18.4. The number of aliphatic hydroxyl groups is 1. The number of rotatable bonds is 7. The Hall–Kier alpha value is -5.37. The quantitative estimate of drug-likeness (QED) is 0.299. The third-order valence-corrected chi connectivity index (χ3v) is 7.99. The van der Waals surface area contributed by atoms with Crippen molar-refractivity contribution in [1.82, 2.24) is 9.80 Å². The number of amides is 5. The second-order valence-electron chi connectivity index (χ2n) is 11.3. The van der Waals surface area contributed by atoms with Crippen LogP contribution in [-0.2, 0) is 0 Å². The highest BCUT2D eigenvalue weighted by Crippen LogP contribution is 2.37. The molecule has 0 aliphatic carbocycles. The molecule has 0 aromatic heterocycles. The fraction of sp³-hybridized carbons (Fsp3) is 0.344. The summed E-state index contributed by atoms with van der Waals surface area (Å²) in [6, 6.07) is 13.6. The number of nitrogens with one attached hydrogen (secondary N) is 3. The van der Waals surface area contributed by atoms with E-state index in [1.54, 1.807) is 73.5 Å². The normalized spacial score (nSPS) is 18.4. The molecule has 5 amide bonds. The number of urea groups is 2. The summed E-state index contributed by atoms with van der Waals surface area (Å²) < 4.78 is 28.0. The molecular formula is C32H35N5O9. The average Bonchev–Trinajstić information content (AvgIpc) is 3.71. The minimum Gasteiger partial charge on any atom is -0.485 e. The Morgan fingerprint density at radius 1 is 0.935 bits per heavy atom. The van der Waals surface area contributed by atoms with E-state index in [0.717, 1.165) is 0 Å². The highest BCUT2D eigenvalue weighted by Gasteiger charge is 2.35. The lowest BCUT2D eigenvalue weighted by Gasteiger charge is -2.38. The van der Waals surface area contributed by atoms with Crippen LogP contribution in [-0.4, -0.2) is 85.4 Å². The summed E-state index contributed by atoms with van der Waals surface area (Å²) in [6.45, 7) is 4.06. The number of benzene rings is 3. The van der Waals surface area contributed by atoms with Gasteiger partial charge in [0.2, 0.25) is 13.6 Å². The molecule has 0 unspecified atom stereocenters. The van der Waals surface area contributed by atoms with Crippen LogP contribution in [0.15, 0.2) is 54.6 Å². The summed E-state index contributed by atoms with van der Waals surface area (Å²) in [5.74, 6) is 1.77. The molecule has 14 heteroatoms. The van der Waals surface area contributed by atoms with E-state index in [9.17, 15) is 19.5 Å². The van der Waals surface area contributed by atoms with Crippen LogP contribution < -0.4 is 39.6 Å². The van der Waals surface area contributed by atoms with E-state index >= 15 is 0 Å². The first-order valence-corrected chi connectivity index (χ1v) is 14.8. The van der Waals surface area contributed by atoms with Crippen LogP contribution in [0.25, 0.3) is 0 Å². The Balaban J connectivity index is 1.23. The SMILES string of the molecule is C[C@@H]1CN([C@H](C)CO)C(=O)c2cccc(NC(=O)Nc3ccc4c(c3)OCO4)c2O[C@@H]1CN(C)C(=O)Nc1ccc2c(c1)OCO2. The molecule has 6 rings (SSSR count). The van der Waals surface area contributed by atoms with Gasteiger partial charge in [0.25, 0.3) is 5.91 Å². The van der Waals surface area contributed by atoms with E-state index in [2.05, 4.69) is 16.0 Å². The highest BCUT2D eigenvalue weighted by atomic mass is 16.7. The number of hydrogen-bond acceptors (Lipinski definition) is 9. The Labute approximate surface area is 265 Å². The van der Waals surface area contributed by atoms with Crippen LogP contribution in [0, 0.1) is 5.92 Å². The summed E-state index contributed by atoms with van der Waals surface area (Å²) in [5.41, 5.74) is 1.48. The smallest absolute Gasteiger partial charge is 0.323 e. The maximum atomic E-state index is 13.8. The molecule has 0 spiro atoms. The first-order chi connectivity index (χ1) is 22.2. The molecule has 0 saturated carbocycles. The molecule has 3 aromatic rings. The van der Waals surface area contributed by atoms with Gasteiger partial charge in [-0.25, -0.2) is 9.59 Å². The van der Waals surface area contributed by atoms with Crippen molar-refractivity contribution in [1.29, 1.82) is 0 Å². The van der Waals surface area contributed by atoms with E-state index in [4.69, 9.17) is 23.7 Å². The summed E-state index contributed by atoms with van der Waals surface area (Å²) >= 11 is 0. The lowest BCUT2D eigenvalue weighted by atomic mass is 9.99. The number of aliphatic hydroxyl groups excluding tert-OH is 1. The number of hydrogen-bond donors (Lipinski definition) is 4. The van der Waals surface area contributed by atoms with Gasteiger partial charge in [-0.2, -0.15) is 0 Å². The summed E-state index contributed by atoms with van der Waals surface area (Å²) in [7, 11) is 1.64. The van der Waals surface area contributed by atoms with Gasteiger partial charge < -0.3 is 54.5 Å². The fourth-order valence-corrected chi connectivity index (χ4v) is 5.36. The van der Waals surface area contributed by atoms with Crippen LogP contribution in [0.1, 0.15) is 24.2 Å². The predicted molar refractivity (Wildman–Crippen MR) is 167 cm³/mol. The van der Waals surface area contributed by atoms with Crippen LogP contribution in [0.4, 0.5) is 26.7 Å². The van der Waals surface area contributed by atoms with Gasteiger partial charge in [0, 0.05) is 43.0 Å². The van der Waals surface area contributed by atoms with Crippen molar-refractivity contribution in [3.8, 4) is 28.7 Å². The number of carbonyl (C=O) groups excluding carboxylic acids is 3. The van der Waals surface area contributed by atoms with Gasteiger partial charge >= 0.3 is 12.1 Å². The molecule has 3 aromatic carbocycles. The van der Waals surface area contributed by atoms with Crippen molar-refractivity contribution in [2.24, 2.45) is 5.92 Å². The van der Waals surface area contributed by atoms with Gasteiger partial charge in [0.15, 0.2) is 28.7 Å². The largest absolute Gasteiger partial charge is 0.485 e. The number of fused-ring (bicyclic) bond motifs is 3. The van der Waals surface area contributed by atoms with Crippen LogP contribution in [0.5, 0.6) is 28.7 Å². The van der Waals surface area contributed by atoms with Crippen molar-refractivity contribution in [3.63, 3.8) is 0 Å². The number of nitrogens with zero attached hydrogens (tertiary/aromatic N) is 2. The first kappa shape index (κ1) is 30.6. The number of anilines is 3. The zero-order chi connectivity index (χ0) is 32.4. The molecule has 46 heavy (non-hydrogen) atoms. The van der Waals surface area contributed by atoms with E-state index in [1.165, 1.54) is 4.90 Å². The van der Waals surface area contributed by atoms with Crippen molar-refractivity contribution in [3.05, 3.63) is 60.2 Å². The second-order valence-corrected chi connectivity index (χ2v) is 11.3. The molecule has 0 saturated heterocycles. The first-order valence-electron chi connectivity index (χ1n) is 14.8. The van der Waals surface area contributed by atoms with Crippen molar-refractivity contribution in [2.75, 3.05) is 56.3 Å².